The minimum atomic E-state index is -3.38. The Morgan fingerprint density at radius 2 is 2.00 bits per heavy atom. The van der Waals surface area contributed by atoms with Crippen molar-refractivity contribution in [3.05, 3.63) is 23.8 Å². The van der Waals surface area contributed by atoms with Gasteiger partial charge in [-0.1, -0.05) is 6.07 Å². The van der Waals surface area contributed by atoms with E-state index in [1.807, 2.05) is 0 Å². The quantitative estimate of drug-likeness (QED) is 0.728. The molecule has 0 amide bonds. The normalized spacial score (nSPS) is 11.3. The third kappa shape index (κ3) is 5.06. The molecule has 0 heterocycles. The highest BCUT2D eigenvalue weighted by molar-refractivity contribution is 7.89. The van der Waals surface area contributed by atoms with Gasteiger partial charge in [-0.3, -0.25) is 0 Å². The molecule has 0 aliphatic carbocycles. The van der Waals surface area contributed by atoms with Crippen molar-refractivity contribution in [2.75, 3.05) is 26.6 Å². The average Bonchev–Trinajstić information content (AvgIpc) is 2.42. The van der Waals surface area contributed by atoms with Crippen LogP contribution in [0.2, 0.25) is 0 Å². The summed E-state index contributed by atoms with van der Waals surface area (Å²) in [7, 11) is -0.319. The Kier molecular flexibility index (Phi) is 6.07. The van der Waals surface area contributed by atoms with E-state index >= 15 is 0 Å². The number of nitrogens with one attached hydrogen (secondary N) is 1. The van der Waals surface area contributed by atoms with E-state index in [1.54, 1.807) is 25.3 Å². The second kappa shape index (κ2) is 7.32. The van der Waals surface area contributed by atoms with E-state index in [1.165, 1.54) is 7.11 Å². The Hall–Kier alpha value is -1.31. The Morgan fingerprint density at radius 3 is 2.58 bits per heavy atom. The number of rotatable bonds is 8. The molecule has 1 rings (SSSR count). The predicted molar refractivity (Wildman–Crippen MR) is 71.9 cm³/mol. The van der Waals surface area contributed by atoms with E-state index in [9.17, 15) is 8.42 Å². The fourth-order valence-corrected chi connectivity index (χ4v) is 2.54. The first-order valence-corrected chi connectivity index (χ1v) is 7.46. The van der Waals surface area contributed by atoms with Gasteiger partial charge in [0.2, 0.25) is 10.0 Å². The van der Waals surface area contributed by atoms with Crippen molar-refractivity contribution >= 4 is 10.0 Å². The van der Waals surface area contributed by atoms with Crippen molar-refractivity contribution < 1.29 is 23.0 Å². The van der Waals surface area contributed by atoms with Crippen LogP contribution < -0.4 is 14.2 Å². The molecule has 2 N–H and O–H groups in total. The molecule has 0 fully saturated rings. The summed E-state index contributed by atoms with van der Waals surface area (Å²) in [6, 6.07) is 5.17. The number of aliphatic hydroxyl groups is 1. The van der Waals surface area contributed by atoms with Gasteiger partial charge in [-0.15, -0.1) is 0 Å². The third-order valence-corrected chi connectivity index (χ3v) is 3.96. The molecular formula is C12H19NO5S. The Balaban J connectivity index is 2.72. The van der Waals surface area contributed by atoms with Gasteiger partial charge in [-0.2, -0.15) is 0 Å². The minimum Gasteiger partial charge on any atom is -0.497 e. The molecule has 0 spiro atoms. The maximum atomic E-state index is 11.6. The monoisotopic (exact) mass is 289 g/mol. The molecule has 0 atom stereocenters. The standard InChI is InChI=1S/C12H19NO5S/c1-17-11-5-4-10(12(8-11)18-2)9-13-19(15,16)7-3-6-14/h4-5,8,13-14H,3,6-7,9H2,1-2H3. The molecule has 108 valence electrons. The molecule has 0 radical (unpaired) electrons. The van der Waals surface area contributed by atoms with Crippen LogP contribution >= 0.6 is 0 Å². The number of ether oxygens (including phenoxy) is 2. The minimum absolute atomic E-state index is 0.0953. The van der Waals surface area contributed by atoms with E-state index in [2.05, 4.69) is 4.72 Å². The van der Waals surface area contributed by atoms with Crippen LogP contribution in [0.1, 0.15) is 12.0 Å². The van der Waals surface area contributed by atoms with Crippen LogP contribution in [0.4, 0.5) is 0 Å². The lowest BCUT2D eigenvalue weighted by Crippen LogP contribution is -2.26. The first-order chi connectivity index (χ1) is 9.02. The molecule has 7 heteroatoms. The van der Waals surface area contributed by atoms with Gasteiger partial charge in [-0.25, -0.2) is 13.1 Å². The zero-order valence-electron chi connectivity index (χ0n) is 11.0. The fourth-order valence-electron chi connectivity index (χ4n) is 1.51. The lowest BCUT2D eigenvalue weighted by Gasteiger charge is -2.11. The summed E-state index contributed by atoms with van der Waals surface area (Å²) in [4.78, 5) is 0. The van der Waals surface area contributed by atoms with Gasteiger partial charge in [0.15, 0.2) is 0 Å². The maximum Gasteiger partial charge on any atom is 0.211 e. The smallest absolute Gasteiger partial charge is 0.211 e. The molecule has 6 nitrogen and oxygen atoms in total. The average molecular weight is 289 g/mol. The summed E-state index contributed by atoms with van der Waals surface area (Å²) < 4.78 is 35.9. The predicted octanol–water partition coefficient (Wildman–Crippen LogP) is 0.506. The molecule has 19 heavy (non-hydrogen) atoms. The number of aliphatic hydroxyl groups excluding tert-OH is 1. The van der Waals surface area contributed by atoms with Crippen LogP contribution in [-0.4, -0.2) is 40.1 Å². The van der Waals surface area contributed by atoms with Gasteiger partial charge >= 0.3 is 0 Å². The summed E-state index contributed by atoms with van der Waals surface area (Å²) in [5, 5.41) is 8.63. The number of benzene rings is 1. The summed E-state index contributed by atoms with van der Waals surface area (Å²) in [6.45, 7) is -0.00625. The molecular weight excluding hydrogens is 270 g/mol. The van der Waals surface area contributed by atoms with E-state index in [0.717, 1.165) is 5.56 Å². The SMILES string of the molecule is COc1ccc(CNS(=O)(=O)CCCO)c(OC)c1. The van der Waals surface area contributed by atoms with Crippen molar-refractivity contribution in [3.8, 4) is 11.5 Å². The summed E-state index contributed by atoms with van der Waals surface area (Å²) in [6.07, 6.45) is 0.217. The number of sulfonamides is 1. The first kappa shape index (κ1) is 15.7. The van der Waals surface area contributed by atoms with Crippen LogP contribution in [0.25, 0.3) is 0 Å². The second-order valence-electron chi connectivity index (χ2n) is 3.89. The highest BCUT2D eigenvalue weighted by atomic mass is 32.2. The Labute approximate surface area is 113 Å². The Bertz CT molecular complexity index is 501. The topological polar surface area (TPSA) is 84.9 Å². The second-order valence-corrected chi connectivity index (χ2v) is 5.82. The molecule has 0 bridgehead atoms. The van der Waals surface area contributed by atoms with Crippen LogP contribution in [0.3, 0.4) is 0 Å². The molecule has 0 aromatic heterocycles. The van der Waals surface area contributed by atoms with Crippen molar-refractivity contribution in [2.45, 2.75) is 13.0 Å². The van der Waals surface area contributed by atoms with E-state index in [-0.39, 0.29) is 25.3 Å². The number of methoxy groups -OCH3 is 2. The van der Waals surface area contributed by atoms with Gasteiger partial charge < -0.3 is 14.6 Å². The van der Waals surface area contributed by atoms with Gasteiger partial charge in [-0.05, 0) is 12.5 Å². The molecule has 0 saturated carbocycles. The zero-order chi connectivity index (χ0) is 14.3. The molecule has 0 unspecified atom stereocenters. The van der Waals surface area contributed by atoms with E-state index in [0.29, 0.717) is 11.5 Å². The lowest BCUT2D eigenvalue weighted by molar-refractivity contribution is 0.295. The Morgan fingerprint density at radius 1 is 1.26 bits per heavy atom. The van der Waals surface area contributed by atoms with Gasteiger partial charge in [0.1, 0.15) is 11.5 Å². The van der Waals surface area contributed by atoms with Crippen molar-refractivity contribution in [1.82, 2.24) is 4.72 Å². The van der Waals surface area contributed by atoms with Crippen LogP contribution in [0.5, 0.6) is 11.5 Å². The molecule has 0 aliphatic rings. The van der Waals surface area contributed by atoms with Gasteiger partial charge in [0.25, 0.3) is 0 Å². The molecule has 0 aliphatic heterocycles. The number of hydrogen-bond acceptors (Lipinski definition) is 5. The summed E-state index contributed by atoms with van der Waals surface area (Å²) in [5.41, 5.74) is 0.718. The lowest BCUT2D eigenvalue weighted by atomic mass is 10.2. The van der Waals surface area contributed by atoms with E-state index < -0.39 is 10.0 Å². The third-order valence-electron chi connectivity index (χ3n) is 2.55. The van der Waals surface area contributed by atoms with Gasteiger partial charge in [0.05, 0.1) is 20.0 Å². The highest BCUT2D eigenvalue weighted by Crippen LogP contribution is 2.24. The van der Waals surface area contributed by atoms with Crippen molar-refractivity contribution in [2.24, 2.45) is 0 Å². The summed E-state index contributed by atoms with van der Waals surface area (Å²) in [5.74, 6) is 1.11. The highest BCUT2D eigenvalue weighted by Gasteiger charge is 2.11. The largest absolute Gasteiger partial charge is 0.497 e. The van der Waals surface area contributed by atoms with E-state index in [4.69, 9.17) is 14.6 Å². The van der Waals surface area contributed by atoms with Crippen molar-refractivity contribution in [1.29, 1.82) is 0 Å². The zero-order valence-corrected chi connectivity index (χ0v) is 11.9. The van der Waals surface area contributed by atoms with Crippen molar-refractivity contribution in [3.63, 3.8) is 0 Å². The summed E-state index contributed by atoms with van der Waals surface area (Å²) >= 11 is 0. The van der Waals surface area contributed by atoms with Crippen LogP contribution in [-0.2, 0) is 16.6 Å². The van der Waals surface area contributed by atoms with Crippen LogP contribution in [0.15, 0.2) is 18.2 Å². The molecule has 1 aromatic carbocycles. The fraction of sp³-hybridized carbons (Fsp3) is 0.500. The molecule has 1 aromatic rings. The van der Waals surface area contributed by atoms with Crippen LogP contribution in [0, 0.1) is 0 Å². The maximum absolute atomic E-state index is 11.6. The number of hydrogen-bond donors (Lipinski definition) is 2. The molecule has 0 saturated heterocycles. The first-order valence-electron chi connectivity index (χ1n) is 5.81. The van der Waals surface area contributed by atoms with Gasteiger partial charge in [0, 0.05) is 24.8 Å².